The van der Waals surface area contributed by atoms with Gasteiger partial charge in [0.05, 0.1) is 0 Å². The quantitative estimate of drug-likeness (QED) is 0.0343. The van der Waals surface area contributed by atoms with Gasteiger partial charge in [-0.05, 0) is 37.0 Å². The van der Waals surface area contributed by atoms with Crippen molar-refractivity contribution in [3.63, 3.8) is 0 Å². The molecule has 440 valence electrons. The molecule has 0 saturated heterocycles. The molecule has 0 aromatic rings. The second-order valence-corrected chi connectivity index (χ2v) is 24.9. The molecule has 0 aliphatic heterocycles. The summed E-state index contributed by atoms with van der Waals surface area (Å²) in [6, 6.07) is 0. The van der Waals surface area contributed by atoms with Crippen molar-refractivity contribution in [1.82, 2.24) is 0 Å². The molecule has 6 nitrogen and oxygen atoms in total. The van der Waals surface area contributed by atoms with Crippen molar-refractivity contribution in [2.45, 2.75) is 388 Å². The van der Waals surface area contributed by atoms with Crippen LogP contribution in [0, 0.1) is 17.8 Å². The summed E-state index contributed by atoms with van der Waals surface area (Å²) >= 11 is 0. The third-order valence-corrected chi connectivity index (χ3v) is 15.6. The fourth-order valence-corrected chi connectivity index (χ4v) is 10.6. The van der Waals surface area contributed by atoms with Crippen molar-refractivity contribution in [2.24, 2.45) is 17.8 Å². The molecule has 6 heteroatoms. The molecule has 1 atom stereocenters. The van der Waals surface area contributed by atoms with E-state index >= 15 is 0 Å². The first kappa shape index (κ1) is 72.4. The van der Waals surface area contributed by atoms with Gasteiger partial charge in [0, 0.05) is 19.3 Å². The van der Waals surface area contributed by atoms with Gasteiger partial charge in [0.1, 0.15) is 13.2 Å². The number of carbonyl (C=O) groups excluding carboxylic acids is 3. The fraction of sp³-hybridized carbons (Fsp3) is 0.956. The lowest BCUT2D eigenvalue weighted by atomic mass is 10.0. The number of esters is 3. The average Bonchev–Trinajstić information content (AvgIpc) is 3.36. The Morgan fingerprint density at radius 1 is 0.230 bits per heavy atom. The summed E-state index contributed by atoms with van der Waals surface area (Å²) in [4.78, 5) is 38.4. The summed E-state index contributed by atoms with van der Waals surface area (Å²) in [7, 11) is 0. The van der Waals surface area contributed by atoms with Crippen LogP contribution in [-0.2, 0) is 28.6 Å². The maximum Gasteiger partial charge on any atom is 0.306 e. The minimum atomic E-state index is -0.765. The molecule has 0 aliphatic rings. The van der Waals surface area contributed by atoms with E-state index in [9.17, 15) is 14.4 Å². The standard InChI is InChI=1S/C68H132O6/c1-62(2)54-48-42-36-30-24-18-13-9-7-8-10-16-22-29-35-41-47-53-59-68(71)74-65(61-73-67(70)58-52-46-40-34-28-23-17-20-26-32-38-44-50-56-64(5)6)60-72-66(69)57-51-45-39-33-27-21-15-12-11-14-19-25-31-37-43-49-55-63(3)4/h62-65H,7-61H2,1-6H3/t65-/m0/s1. The molecule has 0 N–H and O–H groups in total. The van der Waals surface area contributed by atoms with Crippen molar-refractivity contribution in [1.29, 1.82) is 0 Å². The van der Waals surface area contributed by atoms with E-state index in [2.05, 4.69) is 41.5 Å². The lowest BCUT2D eigenvalue weighted by molar-refractivity contribution is -0.167. The van der Waals surface area contributed by atoms with Gasteiger partial charge in [0.15, 0.2) is 6.10 Å². The van der Waals surface area contributed by atoms with Crippen LogP contribution in [0.2, 0.25) is 0 Å². The van der Waals surface area contributed by atoms with E-state index in [1.54, 1.807) is 0 Å². The lowest BCUT2D eigenvalue weighted by Crippen LogP contribution is -2.30. The van der Waals surface area contributed by atoms with Crippen LogP contribution in [0.15, 0.2) is 0 Å². The van der Waals surface area contributed by atoms with Crippen LogP contribution in [0.25, 0.3) is 0 Å². The van der Waals surface area contributed by atoms with Crippen LogP contribution < -0.4 is 0 Å². The van der Waals surface area contributed by atoms with Crippen molar-refractivity contribution < 1.29 is 28.6 Å². The fourth-order valence-electron chi connectivity index (χ4n) is 10.6. The number of hydrogen-bond acceptors (Lipinski definition) is 6. The van der Waals surface area contributed by atoms with E-state index < -0.39 is 6.10 Å². The van der Waals surface area contributed by atoms with Crippen molar-refractivity contribution in [3.8, 4) is 0 Å². The van der Waals surface area contributed by atoms with E-state index in [4.69, 9.17) is 14.2 Å². The number of unbranched alkanes of at least 4 members (excludes halogenated alkanes) is 44. The highest BCUT2D eigenvalue weighted by molar-refractivity contribution is 5.71. The second-order valence-electron chi connectivity index (χ2n) is 24.9. The first-order chi connectivity index (χ1) is 36.1. The van der Waals surface area contributed by atoms with E-state index in [0.29, 0.717) is 19.3 Å². The van der Waals surface area contributed by atoms with E-state index in [1.807, 2.05) is 0 Å². The number of ether oxygens (including phenoxy) is 3. The molecule has 0 bridgehead atoms. The van der Waals surface area contributed by atoms with Gasteiger partial charge in [0.25, 0.3) is 0 Å². The van der Waals surface area contributed by atoms with Crippen molar-refractivity contribution in [3.05, 3.63) is 0 Å². The minimum absolute atomic E-state index is 0.0621. The molecule has 0 saturated carbocycles. The zero-order valence-corrected chi connectivity index (χ0v) is 51.1. The molecule has 74 heavy (non-hydrogen) atoms. The Balaban J connectivity index is 4.28. The van der Waals surface area contributed by atoms with Gasteiger partial charge >= 0.3 is 17.9 Å². The molecule has 0 aromatic heterocycles. The predicted octanol–water partition coefficient (Wildman–Crippen LogP) is 22.6. The molecule has 0 aliphatic carbocycles. The smallest absolute Gasteiger partial charge is 0.306 e. The Bertz CT molecular complexity index is 1150. The predicted molar refractivity (Wildman–Crippen MR) is 321 cm³/mol. The van der Waals surface area contributed by atoms with Crippen LogP contribution in [0.4, 0.5) is 0 Å². The van der Waals surface area contributed by atoms with Gasteiger partial charge in [-0.3, -0.25) is 14.4 Å². The van der Waals surface area contributed by atoms with Crippen LogP contribution in [0.1, 0.15) is 382 Å². The highest BCUT2D eigenvalue weighted by Crippen LogP contribution is 2.20. The molecule has 0 radical (unpaired) electrons. The summed E-state index contributed by atoms with van der Waals surface area (Å²) in [6.45, 7) is 13.8. The molecule has 0 rings (SSSR count). The highest BCUT2D eigenvalue weighted by Gasteiger charge is 2.20. The summed E-state index contributed by atoms with van der Waals surface area (Å²) < 4.78 is 17.0. The van der Waals surface area contributed by atoms with Gasteiger partial charge in [-0.25, -0.2) is 0 Å². The zero-order chi connectivity index (χ0) is 54.1. The van der Waals surface area contributed by atoms with Gasteiger partial charge < -0.3 is 14.2 Å². The van der Waals surface area contributed by atoms with Crippen LogP contribution >= 0.6 is 0 Å². The van der Waals surface area contributed by atoms with Crippen LogP contribution in [0.5, 0.6) is 0 Å². The number of hydrogen-bond donors (Lipinski definition) is 0. The van der Waals surface area contributed by atoms with E-state index in [-0.39, 0.29) is 31.1 Å². The molecule has 0 aromatic carbocycles. The Kier molecular flexibility index (Phi) is 57.8. The maximum absolute atomic E-state index is 12.9. The van der Waals surface area contributed by atoms with E-state index in [0.717, 1.165) is 75.5 Å². The summed E-state index contributed by atoms with van der Waals surface area (Å²) in [5.41, 5.74) is 0. The minimum Gasteiger partial charge on any atom is -0.462 e. The SMILES string of the molecule is CC(C)CCCCCCCCCCCCCCCCCCCCC(=O)O[C@@H](COC(=O)CCCCCCCCCCCCCCCCCCC(C)C)COC(=O)CCCCCCCCCCCCCCCC(C)C. The average molecular weight is 1050 g/mol. The topological polar surface area (TPSA) is 78.9 Å². The van der Waals surface area contributed by atoms with Crippen LogP contribution in [-0.4, -0.2) is 37.2 Å². The van der Waals surface area contributed by atoms with Crippen molar-refractivity contribution >= 4 is 17.9 Å². The number of rotatable bonds is 61. The first-order valence-electron chi connectivity index (χ1n) is 33.6. The van der Waals surface area contributed by atoms with Gasteiger partial charge in [-0.1, -0.05) is 343 Å². The molecule has 0 amide bonds. The van der Waals surface area contributed by atoms with Gasteiger partial charge in [-0.2, -0.15) is 0 Å². The molecule has 0 spiro atoms. The second kappa shape index (κ2) is 59.1. The Morgan fingerprint density at radius 2 is 0.392 bits per heavy atom. The van der Waals surface area contributed by atoms with E-state index in [1.165, 1.54) is 263 Å². The summed E-state index contributed by atoms with van der Waals surface area (Å²) in [5, 5.41) is 0. The molecule has 0 unspecified atom stereocenters. The third kappa shape index (κ3) is 61.3. The molecule has 0 heterocycles. The third-order valence-electron chi connectivity index (χ3n) is 15.6. The number of carbonyl (C=O) groups is 3. The molecular formula is C68H132O6. The summed E-state index contributed by atoms with van der Waals surface area (Å²) in [5.74, 6) is 1.72. The molecule has 0 fully saturated rings. The van der Waals surface area contributed by atoms with Gasteiger partial charge in [-0.15, -0.1) is 0 Å². The first-order valence-corrected chi connectivity index (χ1v) is 33.6. The Morgan fingerprint density at radius 3 is 0.581 bits per heavy atom. The Hall–Kier alpha value is -1.59. The van der Waals surface area contributed by atoms with Crippen molar-refractivity contribution in [2.75, 3.05) is 13.2 Å². The summed E-state index contributed by atoms with van der Waals surface area (Å²) in [6.07, 6.45) is 65.4. The Labute approximate surface area is 463 Å². The molecular weight excluding hydrogens is 913 g/mol. The van der Waals surface area contributed by atoms with Gasteiger partial charge in [0.2, 0.25) is 0 Å². The monoisotopic (exact) mass is 1050 g/mol. The van der Waals surface area contributed by atoms with Crippen LogP contribution in [0.3, 0.4) is 0 Å². The zero-order valence-electron chi connectivity index (χ0n) is 51.1. The maximum atomic E-state index is 12.9. The highest BCUT2D eigenvalue weighted by atomic mass is 16.6. The lowest BCUT2D eigenvalue weighted by Gasteiger charge is -2.18. The largest absolute Gasteiger partial charge is 0.462 e. The normalized spacial score (nSPS) is 12.1.